The number of phenolic OH excluding ortho intramolecular Hbond substituents is 1. The number of hydrogen-bond acceptors (Lipinski definition) is 3. The van der Waals surface area contributed by atoms with Crippen molar-refractivity contribution in [3.05, 3.63) is 169 Å². The van der Waals surface area contributed by atoms with Crippen molar-refractivity contribution in [1.82, 2.24) is 14.5 Å². The number of fused-ring (bicyclic) bond motifs is 1. The van der Waals surface area contributed by atoms with Gasteiger partial charge in [0.2, 0.25) is 0 Å². The summed E-state index contributed by atoms with van der Waals surface area (Å²) in [5.41, 5.74) is 12.9. The second kappa shape index (κ2) is 15.0. The zero-order chi connectivity index (χ0) is 37.6. The van der Waals surface area contributed by atoms with Gasteiger partial charge in [-0.15, -0.1) is 29.3 Å². The molecule has 0 unspecified atom stereocenters. The molecule has 5 heteroatoms. The Labute approximate surface area is 333 Å². The van der Waals surface area contributed by atoms with Gasteiger partial charge in [0.1, 0.15) is 11.6 Å². The molecule has 0 bridgehead atoms. The first kappa shape index (κ1) is 35.5. The Bertz CT molecular complexity index is 2640. The molecule has 2 heterocycles. The summed E-state index contributed by atoms with van der Waals surface area (Å²) < 4.78 is 11.2. The van der Waals surface area contributed by atoms with Crippen molar-refractivity contribution in [2.45, 2.75) is 45.9 Å². The minimum absolute atomic E-state index is 0. The third-order valence-corrected chi connectivity index (χ3v) is 9.86. The van der Waals surface area contributed by atoms with Crippen molar-refractivity contribution in [2.24, 2.45) is 0 Å². The Hall–Kier alpha value is -5.57. The Morgan fingerprint density at radius 1 is 0.667 bits per heavy atom. The molecule has 8 aromatic rings. The van der Waals surface area contributed by atoms with Crippen molar-refractivity contribution < 1.29 is 27.5 Å². The Balaban J connectivity index is 0.00000465. The van der Waals surface area contributed by atoms with Gasteiger partial charge in [-0.1, -0.05) is 143 Å². The summed E-state index contributed by atoms with van der Waals surface area (Å²) in [4.78, 5) is 10.2. The van der Waals surface area contributed by atoms with Gasteiger partial charge in [-0.3, -0.25) is 9.55 Å². The molecule has 270 valence electrons. The molecule has 0 aliphatic rings. The van der Waals surface area contributed by atoms with Gasteiger partial charge < -0.3 is 5.11 Å². The van der Waals surface area contributed by atoms with Crippen LogP contribution in [0.3, 0.4) is 0 Å². The third kappa shape index (κ3) is 7.19. The Morgan fingerprint density at radius 3 is 2.00 bits per heavy atom. The molecule has 0 atom stereocenters. The summed E-state index contributed by atoms with van der Waals surface area (Å²) in [6.45, 7) is 10.5. The van der Waals surface area contributed by atoms with E-state index < -0.39 is 5.89 Å². The van der Waals surface area contributed by atoms with Crippen LogP contribution in [0.2, 0.25) is 0 Å². The number of rotatable bonds is 7. The van der Waals surface area contributed by atoms with Crippen LogP contribution in [0.25, 0.3) is 72.7 Å². The molecule has 0 spiro atoms. The number of nitrogens with zero attached hydrogens (tertiary/aromatic N) is 3. The van der Waals surface area contributed by atoms with Crippen molar-refractivity contribution >= 4 is 11.0 Å². The van der Waals surface area contributed by atoms with Gasteiger partial charge in [-0.2, -0.15) is 0 Å². The fourth-order valence-corrected chi connectivity index (χ4v) is 6.92. The zero-order valence-corrected chi connectivity index (χ0v) is 33.3. The number of para-hydroxylation sites is 2. The average molecular weight is 885 g/mol. The molecule has 8 rings (SSSR count). The van der Waals surface area contributed by atoms with Crippen LogP contribution < -0.4 is 0 Å². The van der Waals surface area contributed by atoms with Gasteiger partial charge in [0.25, 0.3) is 0 Å². The molecule has 6 aromatic carbocycles. The van der Waals surface area contributed by atoms with Crippen LogP contribution >= 0.6 is 0 Å². The molecule has 54 heavy (non-hydrogen) atoms. The topological polar surface area (TPSA) is 50.9 Å². The number of pyridine rings is 1. The van der Waals surface area contributed by atoms with E-state index >= 15 is 0 Å². The molecule has 0 fully saturated rings. The van der Waals surface area contributed by atoms with Crippen LogP contribution in [-0.2, 0) is 26.5 Å². The van der Waals surface area contributed by atoms with Gasteiger partial charge in [0.15, 0.2) is 0 Å². The van der Waals surface area contributed by atoms with Crippen LogP contribution in [0.4, 0.5) is 0 Å². The molecular weight excluding hydrogens is 842 g/mol. The average Bonchev–Trinajstić information content (AvgIpc) is 3.57. The van der Waals surface area contributed by atoms with E-state index in [4.69, 9.17) is 11.3 Å². The van der Waals surface area contributed by atoms with E-state index in [2.05, 4.69) is 122 Å². The number of imidazole rings is 1. The molecule has 4 nitrogen and oxygen atoms in total. The van der Waals surface area contributed by atoms with Gasteiger partial charge in [-0.05, 0) is 75.5 Å². The van der Waals surface area contributed by atoms with Crippen molar-refractivity contribution in [2.75, 3.05) is 0 Å². The van der Waals surface area contributed by atoms with E-state index in [1.54, 1.807) is 6.07 Å². The van der Waals surface area contributed by atoms with E-state index in [0.717, 1.165) is 72.5 Å². The first-order valence-electron chi connectivity index (χ1n) is 18.6. The quantitative estimate of drug-likeness (QED) is 0.162. The van der Waals surface area contributed by atoms with Crippen LogP contribution in [0.15, 0.2) is 152 Å². The van der Waals surface area contributed by atoms with Crippen LogP contribution in [0.1, 0.15) is 53.0 Å². The minimum Gasteiger partial charge on any atom is -0.507 e. The van der Waals surface area contributed by atoms with E-state index in [1.807, 2.05) is 68.6 Å². The molecule has 0 saturated heterocycles. The third-order valence-electron chi connectivity index (χ3n) is 9.86. The number of phenols is 1. The van der Waals surface area contributed by atoms with E-state index in [0.29, 0.717) is 11.4 Å². The maximum Gasteiger partial charge on any atom is 0.148 e. The molecule has 0 amide bonds. The van der Waals surface area contributed by atoms with Crippen LogP contribution in [-0.4, -0.2) is 19.6 Å². The minimum atomic E-state index is -0.860. The summed E-state index contributed by atoms with van der Waals surface area (Å²) in [7, 11) is 0. The molecule has 0 aliphatic heterocycles. The summed E-state index contributed by atoms with van der Waals surface area (Å²) in [5.74, 6) is -0.108. The second-order valence-corrected chi connectivity index (χ2v) is 14.8. The fourth-order valence-electron chi connectivity index (χ4n) is 6.92. The van der Waals surface area contributed by atoms with Crippen molar-refractivity contribution in [3.63, 3.8) is 0 Å². The number of aromatic nitrogens is 3. The second-order valence-electron chi connectivity index (χ2n) is 14.8. The zero-order valence-electron chi connectivity index (χ0n) is 32.0. The first-order chi connectivity index (χ1) is 25.9. The van der Waals surface area contributed by atoms with Gasteiger partial charge in [0, 0.05) is 40.0 Å². The number of hydrogen-bond donors (Lipinski definition) is 1. The predicted octanol–water partition coefficient (Wildman–Crippen LogP) is 12.7. The fraction of sp³-hybridized carbons (Fsp3) is 0.143. The summed E-state index contributed by atoms with van der Waals surface area (Å²) in [6, 6.07) is 52.9. The van der Waals surface area contributed by atoms with Gasteiger partial charge >= 0.3 is 0 Å². The molecule has 1 N–H and O–H groups in total. The van der Waals surface area contributed by atoms with E-state index in [-0.39, 0.29) is 32.2 Å². The van der Waals surface area contributed by atoms with Crippen LogP contribution in [0, 0.1) is 6.07 Å². The van der Waals surface area contributed by atoms with Gasteiger partial charge in [0.05, 0.1) is 16.6 Å². The predicted molar refractivity (Wildman–Crippen MR) is 219 cm³/mol. The number of aromatic hydroxyl groups is 1. The Kier molecular flexibility index (Phi) is 9.88. The Morgan fingerprint density at radius 2 is 1.31 bits per heavy atom. The summed E-state index contributed by atoms with van der Waals surface area (Å²) >= 11 is 0. The maximum atomic E-state index is 11.3. The van der Waals surface area contributed by atoms with Gasteiger partial charge in [-0.25, -0.2) is 4.98 Å². The maximum absolute atomic E-state index is 11.3. The molecule has 0 aliphatic carbocycles. The van der Waals surface area contributed by atoms with E-state index in [9.17, 15) is 5.11 Å². The smallest absolute Gasteiger partial charge is 0.148 e. The van der Waals surface area contributed by atoms with Crippen molar-refractivity contribution in [1.29, 1.82) is 0 Å². The van der Waals surface area contributed by atoms with Crippen LogP contribution in [0.5, 0.6) is 5.75 Å². The normalized spacial score (nSPS) is 12.0. The van der Waals surface area contributed by atoms with Crippen molar-refractivity contribution in [3.8, 4) is 67.5 Å². The molecular formula is C49H42N3OPt-. The standard InChI is InChI=1S/C49H42N3O.Pt/c1-32(2)36-25-37(34-17-10-7-11-18-34)30-41(29-36)52-45-21-14-20-42(47(45)51-48(52)43-19-12-13-22-46(43)53)38-26-39(28-40(27-38)49(3,4)5)44-31-35(23-24-50-44)33-15-8-6-9-16-33;/h6-25,27-32,53H,1-5H3;/q-1;/i32D;. The number of benzene rings is 6. The largest absolute Gasteiger partial charge is 0.507 e. The van der Waals surface area contributed by atoms with E-state index in [1.165, 1.54) is 0 Å². The monoisotopic (exact) mass is 884 g/mol. The molecule has 0 radical (unpaired) electrons. The SMILES string of the molecule is [2H]C(C)(C)c1cc(-c2ccccc2)cc(-n2c(-c3ccccc3O)nc3c(-c4[c-]c(-c5cc(-c6ccccc6)ccn5)cc(C(C)(C)C)c4)cccc32)c1.[Pt]. The molecule has 2 aromatic heterocycles. The summed E-state index contributed by atoms with van der Waals surface area (Å²) in [5, 5.41) is 11.3. The first-order valence-corrected chi connectivity index (χ1v) is 18.1. The summed E-state index contributed by atoms with van der Waals surface area (Å²) in [6.07, 6.45) is 1.87. The molecule has 0 saturated carbocycles.